The summed E-state index contributed by atoms with van der Waals surface area (Å²) in [5, 5.41) is 1.70. The van der Waals surface area contributed by atoms with Crippen molar-refractivity contribution in [1.29, 1.82) is 0 Å². The maximum absolute atomic E-state index is 11.6. The third-order valence-corrected chi connectivity index (χ3v) is 3.14. The van der Waals surface area contributed by atoms with E-state index in [1.54, 1.807) is 12.1 Å². The van der Waals surface area contributed by atoms with E-state index in [2.05, 4.69) is 0 Å². The molecule has 0 amide bonds. The summed E-state index contributed by atoms with van der Waals surface area (Å²) in [4.78, 5) is 23.3. The predicted octanol–water partition coefficient (Wildman–Crippen LogP) is 1.26. The second-order valence-electron chi connectivity index (χ2n) is 4.03. The Morgan fingerprint density at radius 1 is 1.00 bits per heavy atom. The molecule has 82 valence electrons. The Labute approximate surface area is 98.6 Å². The first kappa shape index (κ1) is 10.1. The maximum atomic E-state index is 11.6. The van der Waals surface area contributed by atoms with Crippen LogP contribution in [0.4, 0.5) is 0 Å². The van der Waals surface area contributed by atoms with Gasteiger partial charge in [0.25, 0.3) is 0 Å². The van der Waals surface area contributed by atoms with Gasteiger partial charge in [0.05, 0.1) is 11.1 Å². The highest BCUT2D eigenvalue weighted by Gasteiger charge is 2.27. The van der Waals surface area contributed by atoms with Crippen LogP contribution in [0.25, 0.3) is 10.8 Å². The van der Waals surface area contributed by atoms with Crippen LogP contribution in [-0.2, 0) is 4.74 Å². The standard InChI is InChI=1S/C13H9BO3/c1-14-10-6-5-9-11-7(10)3-2-4-8(11)12(15)17-13(9)16/h2-6,14H,1H3. The highest BCUT2D eigenvalue weighted by molar-refractivity contribution is 6.56. The fraction of sp³-hybridized carbons (Fsp3) is 0.0769. The van der Waals surface area contributed by atoms with Crippen molar-refractivity contribution in [1.82, 2.24) is 0 Å². The van der Waals surface area contributed by atoms with E-state index in [9.17, 15) is 9.59 Å². The van der Waals surface area contributed by atoms with Gasteiger partial charge in [0.15, 0.2) is 7.28 Å². The number of esters is 2. The highest BCUT2D eigenvalue weighted by Crippen LogP contribution is 2.27. The van der Waals surface area contributed by atoms with E-state index in [0.29, 0.717) is 11.1 Å². The number of carbonyl (C=O) groups excluding carboxylic acids is 2. The Morgan fingerprint density at radius 2 is 1.71 bits per heavy atom. The molecule has 0 atom stereocenters. The van der Waals surface area contributed by atoms with Crippen LogP contribution in [0.15, 0.2) is 30.3 Å². The summed E-state index contributed by atoms with van der Waals surface area (Å²) in [7, 11) is 0.865. The lowest BCUT2D eigenvalue weighted by molar-refractivity contribution is 0.0391. The minimum atomic E-state index is -0.554. The van der Waals surface area contributed by atoms with E-state index in [1.165, 1.54) is 0 Å². The minimum Gasteiger partial charge on any atom is -0.386 e. The summed E-state index contributed by atoms with van der Waals surface area (Å²) in [5.41, 5.74) is 2.09. The van der Waals surface area contributed by atoms with Crippen molar-refractivity contribution >= 4 is 35.5 Å². The Kier molecular flexibility index (Phi) is 2.05. The SMILES string of the molecule is CBc1ccc2c3c(cccc13)C(=O)OC2=O. The highest BCUT2D eigenvalue weighted by atomic mass is 16.6. The monoisotopic (exact) mass is 224 g/mol. The zero-order valence-electron chi connectivity index (χ0n) is 9.32. The van der Waals surface area contributed by atoms with Crippen LogP contribution in [-0.4, -0.2) is 19.2 Å². The molecule has 0 N–H and O–H groups in total. The lowest BCUT2D eigenvalue weighted by Gasteiger charge is -2.16. The van der Waals surface area contributed by atoms with Crippen LogP contribution in [0.2, 0.25) is 6.82 Å². The Morgan fingerprint density at radius 3 is 2.41 bits per heavy atom. The Balaban J connectivity index is 2.51. The van der Waals surface area contributed by atoms with Crippen molar-refractivity contribution in [2.45, 2.75) is 6.82 Å². The number of carbonyl (C=O) groups is 2. The molecule has 0 bridgehead atoms. The minimum absolute atomic E-state index is 0.479. The fourth-order valence-electron chi connectivity index (χ4n) is 2.31. The molecule has 1 aliphatic rings. The first-order chi connectivity index (χ1) is 8.22. The molecule has 0 unspecified atom stereocenters. The van der Waals surface area contributed by atoms with Crippen LogP contribution >= 0.6 is 0 Å². The number of benzene rings is 2. The molecule has 1 aliphatic heterocycles. The number of cyclic esters (lactones) is 2. The fourth-order valence-corrected chi connectivity index (χ4v) is 2.31. The van der Waals surface area contributed by atoms with Crippen molar-refractivity contribution in [2.75, 3.05) is 0 Å². The molecule has 0 aromatic heterocycles. The zero-order chi connectivity index (χ0) is 12.0. The van der Waals surface area contributed by atoms with Gasteiger partial charge in [0.1, 0.15) is 0 Å². The van der Waals surface area contributed by atoms with Gasteiger partial charge in [0.2, 0.25) is 0 Å². The number of ether oxygens (including phenoxy) is 1. The summed E-state index contributed by atoms with van der Waals surface area (Å²) in [6.07, 6.45) is 0. The summed E-state index contributed by atoms with van der Waals surface area (Å²) in [6, 6.07) is 9.10. The van der Waals surface area contributed by atoms with Crippen LogP contribution in [0, 0.1) is 0 Å². The van der Waals surface area contributed by atoms with Gasteiger partial charge in [0, 0.05) is 5.39 Å². The molecule has 4 heteroatoms. The molecule has 2 aromatic rings. The smallest absolute Gasteiger partial charge is 0.346 e. The van der Waals surface area contributed by atoms with E-state index in [1.807, 2.05) is 25.0 Å². The van der Waals surface area contributed by atoms with E-state index < -0.39 is 11.9 Å². The lowest BCUT2D eigenvalue weighted by Crippen LogP contribution is -2.22. The van der Waals surface area contributed by atoms with Crippen LogP contribution in [0.1, 0.15) is 20.7 Å². The van der Waals surface area contributed by atoms with Crippen molar-refractivity contribution in [2.24, 2.45) is 0 Å². The summed E-state index contributed by atoms with van der Waals surface area (Å²) < 4.78 is 4.70. The van der Waals surface area contributed by atoms with E-state index in [4.69, 9.17) is 4.74 Å². The maximum Gasteiger partial charge on any atom is 0.346 e. The molecule has 2 aromatic carbocycles. The van der Waals surface area contributed by atoms with Crippen molar-refractivity contribution in [3.8, 4) is 0 Å². The average molecular weight is 224 g/mol. The summed E-state index contributed by atoms with van der Waals surface area (Å²) in [6.45, 7) is 2.05. The molecule has 17 heavy (non-hydrogen) atoms. The number of hydrogen-bond donors (Lipinski definition) is 0. The second kappa shape index (κ2) is 3.45. The normalized spacial score (nSPS) is 13.7. The first-order valence-electron chi connectivity index (χ1n) is 5.53. The van der Waals surface area contributed by atoms with E-state index in [-0.39, 0.29) is 0 Å². The van der Waals surface area contributed by atoms with Gasteiger partial charge in [-0.25, -0.2) is 9.59 Å². The van der Waals surface area contributed by atoms with Crippen LogP contribution in [0.3, 0.4) is 0 Å². The van der Waals surface area contributed by atoms with Gasteiger partial charge >= 0.3 is 11.9 Å². The molecule has 0 aliphatic carbocycles. The molecule has 3 nitrogen and oxygen atoms in total. The molecular formula is C13H9BO3. The molecule has 0 fully saturated rings. The molecule has 1 heterocycles. The van der Waals surface area contributed by atoms with Crippen LogP contribution in [0.5, 0.6) is 0 Å². The predicted molar refractivity (Wildman–Crippen MR) is 66.3 cm³/mol. The van der Waals surface area contributed by atoms with Gasteiger partial charge < -0.3 is 4.74 Å². The zero-order valence-corrected chi connectivity index (χ0v) is 9.32. The third-order valence-electron chi connectivity index (χ3n) is 3.14. The molecule has 0 spiro atoms. The Bertz CT molecular complexity index is 641. The molecule has 3 rings (SSSR count). The van der Waals surface area contributed by atoms with Gasteiger partial charge in [-0.15, -0.1) is 0 Å². The van der Waals surface area contributed by atoms with Crippen molar-refractivity contribution in [3.63, 3.8) is 0 Å². The van der Waals surface area contributed by atoms with Crippen LogP contribution < -0.4 is 5.46 Å². The summed E-state index contributed by atoms with van der Waals surface area (Å²) >= 11 is 0. The van der Waals surface area contributed by atoms with Gasteiger partial charge in [-0.1, -0.05) is 30.5 Å². The number of rotatable bonds is 1. The average Bonchev–Trinajstić information content (AvgIpc) is 2.35. The lowest BCUT2D eigenvalue weighted by atomic mass is 9.70. The van der Waals surface area contributed by atoms with Crippen molar-refractivity contribution < 1.29 is 14.3 Å². The quantitative estimate of drug-likeness (QED) is 0.416. The van der Waals surface area contributed by atoms with Crippen molar-refractivity contribution in [3.05, 3.63) is 41.5 Å². The van der Waals surface area contributed by atoms with Gasteiger partial charge in [-0.2, -0.15) is 0 Å². The molecule has 0 saturated carbocycles. The van der Waals surface area contributed by atoms with E-state index >= 15 is 0 Å². The largest absolute Gasteiger partial charge is 0.386 e. The molecule has 0 radical (unpaired) electrons. The van der Waals surface area contributed by atoms with Gasteiger partial charge in [-0.3, -0.25) is 0 Å². The summed E-state index contributed by atoms with van der Waals surface area (Å²) in [5.74, 6) is -1.11. The topological polar surface area (TPSA) is 43.4 Å². The van der Waals surface area contributed by atoms with E-state index in [0.717, 1.165) is 23.5 Å². The first-order valence-corrected chi connectivity index (χ1v) is 5.53. The second-order valence-corrected chi connectivity index (χ2v) is 4.03. The number of hydrogen-bond acceptors (Lipinski definition) is 3. The Hall–Kier alpha value is -2.10. The molecular weight excluding hydrogens is 215 g/mol. The van der Waals surface area contributed by atoms with Gasteiger partial charge in [-0.05, 0) is 17.5 Å². The molecule has 0 saturated heterocycles. The third kappa shape index (κ3) is 1.30.